The van der Waals surface area contributed by atoms with Gasteiger partial charge in [0.2, 0.25) is 0 Å². The first-order valence-electron chi connectivity index (χ1n) is 4.17. The largest absolute Gasteiger partial charge is 0.394 e. The molecule has 14 heavy (non-hydrogen) atoms. The third-order valence-electron chi connectivity index (χ3n) is 2.04. The fraction of sp³-hybridized carbons (Fsp3) is 0.333. The van der Waals surface area contributed by atoms with E-state index in [1.807, 2.05) is 0 Å². The van der Waals surface area contributed by atoms with Gasteiger partial charge in [-0.25, -0.2) is 0 Å². The molecule has 0 aliphatic rings. The number of nitro groups is 1. The van der Waals surface area contributed by atoms with Gasteiger partial charge < -0.3 is 10.8 Å². The normalized spacial score (nSPS) is 12.5. The van der Waals surface area contributed by atoms with Gasteiger partial charge in [-0.15, -0.1) is 0 Å². The van der Waals surface area contributed by atoms with Gasteiger partial charge in [0.15, 0.2) is 0 Å². The van der Waals surface area contributed by atoms with E-state index in [1.165, 1.54) is 6.07 Å². The molecule has 0 unspecified atom stereocenters. The van der Waals surface area contributed by atoms with Gasteiger partial charge >= 0.3 is 0 Å². The van der Waals surface area contributed by atoms with E-state index in [0.717, 1.165) is 0 Å². The molecule has 5 nitrogen and oxygen atoms in total. The number of aliphatic hydroxyl groups excluding tert-OH is 1. The van der Waals surface area contributed by atoms with Crippen LogP contribution in [0.3, 0.4) is 0 Å². The standard InChI is InChI=1S/C9H12N2O3/c1-6-4-7(8(10)5-12)2-3-9(6)11(13)14/h2-4,8,12H,5,10H2,1H3/t8-/m0/s1. The maximum absolute atomic E-state index is 10.5. The molecule has 0 aromatic heterocycles. The third-order valence-corrected chi connectivity index (χ3v) is 2.04. The first kappa shape index (κ1) is 10.6. The van der Waals surface area contributed by atoms with Gasteiger partial charge in [0.05, 0.1) is 17.6 Å². The van der Waals surface area contributed by atoms with Crippen LogP contribution in [0.1, 0.15) is 17.2 Å². The second-order valence-corrected chi connectivity index (χ2v) is 3.09. The molecule has 0 bridgehead atoms. The topological polar surface area (TPSA) is 89.4 Å². The van der Waals surface area contributed by atoms with E-state index in [2.05, 4.69) is 0 Å². The molecule has 0 aliphatic heterocycles. The van der Waals surface area contributed by atoms with Crippen LogP contribution in [0, 0.1) is 17.0 Å². The summed E-state index contributed by atoms with van der Waals surface area (Å²) in [6.07, 6.45) is 0. The van der Waals surface area contributed by atoms with Crippen molar-refractivity contribution in [2.45, 2.75) is 13.0 Å². The second kappa shape index (κ2) is 4.17. The first-order valence-corrected chi connectivity index (χ1v) is 4.17. The summed E-state index contributed by atoms with van der Waals surface area (Å²) >= 11 is 0. The Morgan fingerprint density at radius 2 is 2.29 bits per heavy atom. The smallest absolute Gasteiger partial charge is 0.272 e. The molecule has 76 valence electrons. The minimum Gasteiger partial charge on any atom is -0.394 e. The van der Waals surface area contributed by atoms with Crippen LogP contribution in [0.2, 0.25) is 0 Å². The fourth-order valence-corrected chi connectivity index (χ4v) is 1.22. The maximum atomic E-state index is 10.5. The second-order valence-electron chi connectivity index (χ2n) is 3.09. The van der Waals surface area contributed by atoms with Crippen LogP contribution in [-0.4, -0.2) is 16.6 Å². The molecule has 0 radical (unpaired) electrons. The molecular formula is C9H12N2O3. The van der Waals surface area contributed by atoms with Crippen LogP contribution in [0.5, 0.6) is 0 Å². The molecule has 1 atom stereocenters. The highest BCUT2D eigenvalue weighted by molar-refractivity contribution is 5.42. The zero-order chi connectivity index (χ0) is 10.7. The highest BCUT2D eigenvalue weighted by Gasteiger charge is 2.12. The van der Waals surface area contributed by atoms with Gasteiger partial charge in [0, 0.05) is 11.6 Å². The number of aliphatic hydroxyl groups is 1. The van der Waals surface area contributed by atoms with Crippen molar-refractivity contribution in [3.8, 4) is 0 Å². The zero-order valence-corrected chi connectivity index (χ0v) is 7.80. The van der Waals surface area contributed by atoms with Crippen molar-refractivity contribution in [2.75, 3.05) is 6.61 Å². The van der Waals surface area contributed by atoms with Crippen molar-refractivity contribution in [1.29, 1.82) is 0 Å². The van der Waals surface area contributed by atoms with Gasteiger partial charge in [-0.2, -0.15) is 0 Å². The first-order chi connectivity index (χ1) is 6.56. The Morgan fingerprint density at radius 3 is 2.71 bits per heavy atom. The van der Waals surface area contributed by atoms with Crippen LogP contribution in [0.15, 0.2) is 18.2 Å². The van der Waals surface area contributed by atoms with Gasteiger partial charge in [-0.05, 0) is 18.6 Å². The fourth-order valence-electron chi connectivity index (χ4n) is 1.22. The highest BCUT2D eigenvalue weighted by Crippen LogP contribution is 2.21. The molecule has 1 aromatic carbocycles. The molecule has 1 rings (SSSR count). The molecule has 0 fully saturated rings. The lowest BCUT2D eigenvalue weighted by Crippen LogP contribution is -2.14. The minimum atomic E-state index is -0.477. The van der Waals surface area contributed by atoms with Crippen LogP contribution >= 0.6 is 0 Å². The van der Waals surface area contributed by atoms with Gasteiger partial charge in [0.25, 0.3) is 5.69 Å². The van der Waals surface area contributed by atoms with Crippen LogP contribution in [0.25, 0.3) is 0 Å². The Labute approximate surface area is 81.3 Å². The molecule has 0 aliphatic carbocycles. The number of nitro benzene ring substituents is 1. The molecular weight excluding hydrogens is 184 g/mol. The SMILES string of the molecule is Cc1cc([C@@H](N)CO)ccc1[N+](=O)[O-]. The number of nitrogens with zero attached hydrogens (tertiary/aromatic N) is 1. The van der Waals surface area contributed by atoms with Crippen LogP contribution in [-0.2, 0) is 0 Å². The van der Waals surface area contributed by atoms with E-state index >= 15 is 0 Å². The minimum absolute atomic E-state index is 0.0684. The number of nitrogens with two attached hydrogens (primary N) is 1. The molecule has 1 aromatic rings. The van der Waals surface area contributed by atoms with Gasteiger partial charge in [0.1, 0.15) is 0 Å². The molecule has 0 amide bonds. The summed E-state index contributed by atoms with van der Waals surface area (Å²) in [6.45, 7) is 1.48. The van der Waals surface area contributed by atoms with Crippen molar-refractivity contribution in [3.05, 3.63) is 39.4 Å². The van der Waals surface area contributed by atoms with Gasteiger partial charge in [-0.3, -0.25) is 10.1 Å². The van der Waals surface area contributed by atoms with Crippen molar-refractivity contribution in [3.63, 3.8) is 0 Å². The Bertz CT molecular complexity index is 352. The van der Waals surface area contributed by atoms with Crippen molar-refractivity contribution in [2.24, 2.45) is 5.73 Å². The number of benzene rings is 1. The van der Waals surface area contributed by atoms with E-state index in [-0.39, 0.29) is 12.3 Å². The van der Waals surface area contributed by atoms with Crippen molar-refractivity contribution < 1.29 is 10.0 Å². The van der Waals surface area contributed by atoms with E-state index in [1.54, 1.807) is 19.1 Å². The number of rotatable bonds is 3. The molecule has 0 heterocycles. The zero-order valence-electron chi connectivity index (χ0n) is 7.80. The summed E-state index contributed by atoms with van der Waals surface area (Å²) in [5.41, 5.74) is 6.89. The predicted molar refractivity (Wildman–Crippen MR) is 51.8 cm³/mol. The molecule has 0 saturated carbocycles. The Morgan fingerprint density at radius 1 is 1.64 bits per heavy atom. The Kier molecular flexibility index (Phi) is 3.16. The summed E-state index contributed by atoms with van der Waals surface area (Å²) < 4.78 is 0. The number of aryl methyl sites for hydroxylation is 1. The van der Waals surface area contributed by atoms with Crippen LogP contribution in [0.4, 0.5) is 5.69 Å². The van der Waals surface area contributed by atoms with E-state index in [0.29, 0.717) is 11.1 Å². The summed E-state index contributed by atoms with van der Waals surface area (Å²) in [4.78, 5) is 10.1. The van der Waals surface area contributed by atoms with Gasteiger partial charge in [-0.1, -0.05) is 6.07 Å². The lowest BCUT2D eigenvalue weighted by Gasteiger charge is -2.08. The summed E-state index contributed by atoms with van der Waals surface area (Å²) in [7, 11) is 0. The highest BCUT2D eigenvalue weighted by atomic mass is 16.6. The molecule has 3 N–H and O–H groups in total. The molecule has 0 saturated heterocycles. The van der Waals surface area contributed by atoms with E-state index in [9.17, 15) is 10.1 Å². The summed E-state index contributed by atoms with van der Waals surface area (Å²) in [5.74, 6) is 0. The van der Waals surface area contributed by atoms with Crippen LogP contribution < -0.4 is 5.73 Å². The van der Waals surface area contributed by atoms with E-state index < -0.39 is 11.0 Å². The number of hydrogen-bond acceptors (Lipinski definition) is 4. The number of hydrogen-bond donors (Lipinski definition) is 2. The molecule has 5 heteroatoms. The monoisotopic (exact) mass is 196 g/mol. The Hall–Kier alpha value is -1.46. The van der Waals surface area contributed by atoms with Crippen molar-refractivity contribution in [1.82, 2.24) is 0 Å². The lowest BCUT2D eigenvalue weighted by molar-refractivity contribution is -0.385. The lowest BCUT2D eigenvalue weighted by atomic mass is 10.0. The predicted octanol–water partition coefficient (Wildman–Crippen LogP) is 0.895. The Balaban J connectivity index is 3.06. The summed E-state index contributed by atoms with van der Waals surface area (Å²) in [5, 5.41) is 19.3. The third kappa shape index (κ3) is 2.07. The maximum Gasteiger partial charge on any atom is 0.272 e. The van der Waals surface area contributed by atoms with E-state index in [4.69, 9.17) is 10.8 Å². The molecule has 0 spiro atoms. The average molecular weight is 196 g/mol. The quantitative estimate of drug-likeness (QED) is 0.555. The summed E-state index contributed by atoms with van der Waals surface area (Å²) in [6, 6.07) is 4.11. The average Bonchev–Trinajstić information content (AvgIpc) is 2.15. The van der Waals surface area contributed by atoms with Crippen molar-refractivity contribution >= 4 is 5.69 Å².